The number of rotatable bonds is 15. The molecule has 0 bridgehead atoms. The van der Waals surface area contributed by atoms with Crippen LogP contribution in [0.15, 0.2) is 60.9 Å². The highest BCUT2D eigenvalue weighted by Crippen LogP contribution is 2.25. The molecule has 3 rings (SSSR count). The van der Waals surface area contributed by atoms with Gasteiger partial charge in [0.1, 0.15) is 0 Å². The van der Waals surface area contributed by atoms with Gasteiger partial charge in [0.2, 0.25) is 0 Å². The van der Waals surface area contributed by atoms with Crippen molar-refractivity contribution in [2.75, 3.05) is 6.61 Å². The second kappa shape index (κ2) is 14.6. The molecule has 3 aromatic rings. The summed E-state index contributed by atoms with van der Waals surface area (Å²) >= 11 is 0. The summed E-state index contributed by atoms with van der Waals surface area (Å²) in [5.41, 5.74) is 4.92. The fourth-order valence-corrected chi connectivity index (χ4v) is 4.33. The normalized spacial score (nSPS) is 12.0. The molecule has 0 aliphatic rings. The topological polar surface area (TPSA) is 35.0 Å². The van der Waals surface area contributed by atoms with Crippen LogP contribution < -0.4 is 4.74 Å². The van der Waals surface area contributed by atoms with Crippen LogP contribution in [-0.2, 0) is 6.42 Å². The van der Waals surface area contributed by atoms with Crippen LogP contribution in [0.2, 0.25) is 0 Å². The van der Waals surface area contributed by atoms with E-state index in [0.29, 0.717) is 0 Å². The van der Waals surface area contributed by atoms with Crippen molar-refractivity contribution >= 4 is 0 Å². The third kappa shape index (κ3) is 8.59. The number of hydrogen-bond donors (Lipinski definition) is 0. The van der Waals surface area contributed by atoms with Crippen LogP contribution in [0.25, 0.3) is 22.5 Å². The fourth-order valence-electron chi connectivity index (χ4n) is 4.33. The van der Waals surface area contributed by atoms with Gasteiger partial charge in [-0.05, 0) is 35.4 Å². The van der Waals surface area contributed by atoms with Crippen LogP contribution in [-0.4, -0.2) is 16.6 Å². The van der Waals surface area contributed by atoms with Gasteiger partial charge in [-0.3, -0.25) is 0 Å². The highest BCUT2D eigenvalue weighted by Gasteiger charge is 2.06. The molecule has 1 atom stereocenters. The summed E-state index contributed by atoms with van der Waals surface area (Å²) in [4.78, 5) is 8.98. The highest BCUT2D eigenvalue weighted by molar-refractivity contribution is 5.67. The molecule has 1 aromatic heterocycles. The third-order valence-corrected chi connectivity index (χ3v) is 6.46. The molecule has 0 aliphatic heterocycles. The van der Waals surface area contributed by atoms with Crippen molar-refractivity contribution < 1.29 is 4.74 Å². The second-order valence-corrected chi connectivity index (χ2v) is 9.58. The standard InChI is InChI=1S/C31H42N2O/c1-4-6-8-9-10-12-25(3)22-26-13-15-27(16-14-26)28-17-19-29(20-18-28)31-32-23-30(24-33-31)34-21-11-7-5-2/h13-20,23-25H,4-12,21-22H2,1-3H3/t25-/m0/s1. The zero-order chi connectivity index (χ0) is 24.0. The minimum atomic E-state index is 0.724. The molecular weight excluding hydrogens is 416 g/mol. The van der Waals surface area contributed by atoms with Crippen LogP contribution in [0, 0.1) is 5.92 Å². The fraction of sp³-hybridized carbons (Fsp3) is 0.484. The Morgan fingerprint density at radius 3 is 1.88 bits per heavy atom. The van der Waals surface area contributed by atoms with Crippen molar-refractivity contribution in [3.05, 3.63) is 66.5 Å². The van der Waals surface area contributed by atoms with Crippen LogP contribution in [0.4, 0.5) is 0 Å². The Bertz CT molecular complexity index is 933. The van der Waals surface area contributed by atoms with Crippen LogP contribution in [0.5, 0.6) is 5.75 Å². The molecule has 0 unspecified atom stereocenters. The highest BCUT2D eigenvalue weighted by atomic mass is 16.5. The molecule has 0 radical (unpaired) electrons. The van der Waals surface area contributed by atoms with Gasteiger partial charge < -0.3 is 4.74 Å². The summed E-state index contributed by atoms with van der Waals surface area (Å²) in [5.74, 6) is 2.22. The van der Waals surface area contributed by atoms with E-state index in [1.807, 2.05) is 0 Å². The monoisotopic (exact) mass is 458 g/mol. The summed E-state index contributed by atoms with van der Waals surface area (Å²) in [5, 5.41) is 0. The average Bonchev–Trinajstić information content (AvgIpc) is 2.87. The van der Waals surface area contributed by atoms with E-state index < -0.39 is 0 Å². The van der Waals surface area contributed by atoms with Crippen molar-refractivity contribution in [3.8, 4) is 28.3 Å². The third-order valence-electron chi connectivity index (χ3n) is 6.46. The van der Waals surface area contributed by atoms with Gasteiger partial charge in [-0.1, -0.05) is 121 Å². The SMILES string of the molecule is CCCCCCC[C@H](C)Cc1ccc(-c2ccc(-c3ncc(OCCCCC)cn3)cc2)cc1. The van der Waals surface area contributed by atoms with E-state index in [4.69, 9.17) is 4.74 Å². The summed E-state index contributed by atoms with van der Waals surface area (Å²) in [6, 6.07) is 17.6. The Morgan fingerprint density at radius 1 is 0.676 bits per heavy atom. The largest absolute Gasteiger partial charge is 0.490 e. The molecule has 3 heteroatoms. The molecule has 1 heterocycles. The summed E-state index contributed by atoms with van der Waals surface area (Å²) < 4.78 is 5.72. The number of ether oxygens (including phenoxy) is 1. The van der Waals surface area contributed by atoms with E-state index >= 15 is 0 Å². The molecule has 0 aliphatic carbocycles. The maximum Gasteiger partial charge on any atom is 0.159 e. The zero-order valence-electron chi connectivity index (χ0n) is 21.4. The summed E-state index contributed by atoms with van der Waals surface area (Å²) in [6.45, 7) is 7.58. The van der Waals surface area contributed by atoms with Gasteiger partial charge in [-0.15, -0.1) is 0 Å². The predicted octanol–water partition coefficient (Wildman–Crippen LogP) is 8.92. The Labute approximate surface area is 207 Å². The van der Waals surface area contributed by atoms with Gasteiger partial charge in [0.25, 0.3) is 0 Å². The maximum absolute atomic E-state index is 5.72. The van der Waals surface area contributed by atoms with Gasteiger partial charge in [-0.25, -0.2) is 9.97 Å². The first-order chi connectivity index (χ1) is 16.7. The van der Waals surface area contributed by atoms with Gasteiger partial charge in [-0.2, -0.15) is 0 Å². The van der Waals surface area contributed by atoms with E-state index in [-0.39, 0.29) is 0 Å². The number of aromatic nitrogens is 2. The van der Waals surface area contributed by atoms with Crippen molar-refractivity contribution in [2.45, 2.75) is 85.0 Å². The Hall–Kier alpha value is -2.68. The van der Waals surface area contributed by atoms with E-state index in [1.165, 1.54) is 74.5 Å². The molecule has 0 N–H and O–H groups in total. The van der Waals surface area contributed by atoms with Crippen LogP contribution >= 0.6 is 0 Å². The molecular formula is C31H42N2O. The number of benzene rings is 2. The molecule has 0 spiro atoms. The average molecular weight is 459 g/mol. The quantitative estimate of drug-likeness (QED) is 0.213. The molecule has 0 fully saturated rings. The predicted molar refractivity (Wildman–Crippen MR) is 144 cm³/mol. The van der Waals surface area contributed by atoms with Crippen molar-refractivity contribution in [1.82, 2.24) is 9.97 Å². The van der Waals surface area contributed by atoms with E-state index in [9.17, 15) is 0 Å². The lowest BCUT2D eigenvalue weighted by atomic mass is 9.94. The molecule has 3 nitrogen and oxygen atoms in total. The molecule has 0 saturated carbocycles. The number of hydrogen-bond acceptors (Lipinski definition) is 3. The van der Waals surface area contributed by atoms with Crippen molar-refractivity contribution in [3.63, 3.8) is 0 Å². The molecule has 0 amide bonds. The summed E-state index contributed by atoms with van der Waals surface area (Å²) in [7, 11) is 0. The smallest absolute Gasteiger partial charge is 0.159 e. The van der Waals surface area contributed by atoms with Crippen LogP contribution in [0.3, 0.4) is 0 Å². The van der Waals surface area contributed by atoms with Gasteiger partial charge in [0.15, 0.2) is 11.6 Å². The number of unbranched alkanes of at least 4 members (excludes halogenated alkanes) is 6. The lowest BCUT2D eigenvalue weighted by Gasteiger charge is -2.12. The maximum atomic E-state index is 5.72. The molecule has 34 heavy (non-hydrogen) atoms. The first-order valence-electron chi connectivity index (χ1n) is 13.3. The van der Waals surface area contributed by atoms with Gasteiger partial charge in [0, 0.05) is 5.56 Å². The van der Waals surface area contributed by atoms with Crippen LogP contribution in [0.1, 0.15) is 84.1 Å². The van der Waals surface area contributed by atoms with E-state index in [1.54, 1.807) is 12.4 Å². The second-order valence-electron chi connectivity index (χ2n) is 9.58. The van der Waals surface area contributed by atoms with Gasteiger partial charge in [0.05, 0.1) is 19.0 Å². The Morgan fingerprint density at radius 2 is 1.24 bits per heavy atom. The van der Waals surface area contributed by atoms with Crippen molar-refractivity contribution in [2.24, 2.45) is 5.92 Å². The molecule has 0 saturated heterocycles. The minimum Gasteiger partial charge on any atom is -0.490 e. The van der Waals surface area contributed by atoms with E-state index in [0.717, 1.165) is 36.1 Å². The number of nitrogens with zero attached hydrogens (tertiary/aromatic N) is 2. The molecule has 2 aromatic carbocycles. The summed E-state index contributed by atoms with van der Waals surface area (Å²) in [6.07, 6.45) is 16.3. The van der Waals surface area contributed by atoms with Gasteiger partial charge >= 0.3 is 0 Å². The lowest BCUT2D eigenvalue weighted by Crippen LogP contribution is -2.00. The Balaban J connectivity index is 1.50. The Kier molecular flexibility index (Phi) is 11.1. The van der Waals surface area contributed by atoms with E-state index in [2.05, 4.69) is 79.3 Å². The zero-order valence-corrected chi connectivity index (χ0v) is 21.4. The van der Waals surface area contributed by atoms with Crippen molar-refractivity contribution in [1.29, 1.82) is 0 Å². The first kappa shape index (κ1) is 25.9. The minimum absolute atomic E-state index is 0.724. The lowest BCUT2D eigenvalue weighted by molar-refractivity contribution is 0.304. The first-order valence-corrected chi connectivity index (χ1v) is 13.3. The molecule has 182 valence electrons.